The molecule has 0 radical (unpaired) electrons. The van der Waals surface area contributed by atoms with E-state index in [1.807, 2.05) is 19.2 Å². The van der Waals surface area contributed by atoms with E-state index in [1.165, 1.54) is 7.11 Å². The number of nitrogens with zero attached hydrogens (tertiary/aromatic N) is 2. The smallest absolute Gasteiger partial charge is 0.337 e. The highest BCUT2D eigenvalue weighted by Gasteiger charge is 2.18. The van der Waals surface area contributed by atoms with Crippen LogP contribution in [0.15, 0.2) is 41.0 Å². The fourth-order valence-electron chi connectivity index (χ4n) is 2.62. The van der Waals surface area contributed by atoms with Gasteiger partial charge in [0, 0.05) is 11.9 Å². The van der Waals surface area contributed by atoms with Gasteiger partial charge in [0.05, 0.1) is 22.8 Å². The number of halogens is 1. The molecule has 0 fully saturated rings. The molecule has 0 aliphatic heterocycles. The van der Waals surface area contributed by atoms with Crippen LogP contribution in [0.5, 0.6) is 0 Å². The third-order valence-electron chi connectivity index (χ3n) is 3.77. The van der Waals surface area contributed by atoms with Crippen molar-refractivity contribution in [1.29, 1.82) is 0 Å². The summed E-state index contributed by atoms with van der Waals surface area (Å²) >= 11 is 3.48. The molecule has 1 amide bonds. The van der Waals surface area contributed by atoms with Crippen molar-refractivity contribution in [2.24, 2.45) is 0 Å². The molecule has 2 aromatic heterocycles. The summed E-state index contributed by atoms with van der Waals surface area (Å²) in [6.45, 7) is 3.75. The van der Waals surface area contributed by atoms with Crippen LogP contribution in [0.25, 0.3) is 5.65 Å². The van der Waals surface area contributed by atoms with Gasteiger partial charge in [0.1, 0.15) is 5.69 Å². The second-order valence-corrected chi connectivity index (χ2v) is 6.48. The molecule has 0 saturated carbocycles. The summed E-state index contributed by atoms with van der Waals surface area (Å²) in [4.78, 5) is 28.7. The van der Waals surface area contributed by atoms with Crippen LogP contribution in [0, 0.1) is 13.8 Å². The number of anilines is 1. The van der Waals surface area contributed by atoms with E-state index in [4.69, 9.17) is 0 Å². The molecule has 0 bridgehead atoms. The Morgan fingerprint density at radius 3 is 2.52 bits per heavy atom. The number of hydrogen-bond donors (Lipinski definition) is 1. The monoisotopic (exact) mass is 401 g/mol. The van der Waals surface area contributed by atoms with Crippen molar-refractivity contribution >= 4 is 39.1 Å². The van der Waals surface area contributed by atoms with E-state index >= 15 is 0 Å². The quantitative estimate of drug-likeness (QED) is 0.678. The Kier molecular flexibility index (Phi) is 4.59. The molecule has 3 rings (SSSR count). The molecule has 0 unspecified atom stereocenters. The van der Waals surface area contributed by atoms with Gasteiger partial charge in [-0.15, -0.1) is 0 Å². The number of ether oxygens (including phenoxy) is 1. The predicted octanol–water partition coefficient (Wildman–Crippen LogP) is 3.75. The minimum atomic E-state index is -0.421. The molecule has 128 valence electrons. The fraction of sp³-hybridized carbons (Fsp3) is 0.167. The first kappa shape index (κ1) is 17.2. The van der Waals surface area contributed by atoms with E-state index in [-0.39, 0.29) is 5.91 Å². The number of pyridine rings is 1. The molecule has 25 heavy (non-hydrogen) atoms. The van der Waals surface area contributed by atoms with Crippen molar-refractivity contribution in [1.82, 2.24) is 9.38 Å². The largest absolute Gasteiger partial charge is 0.465 e. The number of amides is 1. The highest BCUT2D eigenvalue weighted by Crippen LogP contribution is 2.23. The summed E-state index contributed by atoms with van der Waals surface area (Å²) in [7, 11) is 1.33. The van der Waals surface area contributed by atoms with Crippen molar-refractivity contribution in [2.45, 2.75) is 13.8 Å². The average molecular weight is 402 g/mol. The summed E-state index contributed by atoms with van der Waals surface area (Å²) in [5.41, 5.74) is 3.80. The molecule has 0 aliphatic carbocycles. The van der Waals surface area contributed by atoms with Crippen molar-refractivity contribution in [3.05, 3.63) is 63.5 Å². The van der Waals surface area contributed by atoms with Crippen LogP contribution in [0.4, 0.5) is 5.69 Å². The number of imidazole rings is 1. The van der Waals surface area contributed by atoms with Crippen molar-refractivity contribution in [3.8, 4) is 0 Å². The Hall–Kier alpha value is -2.67. The SMILES string of the molecule is COC(=O)c1ccc(NC(=O)c2c(C)nc3c(Br)cc(C)cn23)cc1. The number of methoxy groups -OCH3 is 1. The summed E-state index contributed by atoms with van der Waals surface area (Å²) in [5.74, 6) is -0.691. The number of benzene rings is 1. The van der Waals surface area contributed by atoms with Gasteiger partial charge in [-0.1, -0.05) is 0 Å². The van der Waals surface area contributed by atoms with Crippen molar-refractivity contribution in [2.75, 3.05) is 12.4 Å². The molecule has 7 heteroatoms. The van der Waals surface area contributed by atoms with Gasteiger partial charge in [-0.25, -0.2) is 9.78 Å². The number of nitrogens with one attached hydrogen (secondary N) is 1. The lowest BCUT2D eigenvalue weighted by Crippen LogP contribution is -2.16. The zero-order chi connectivity index (χ0) is 18.1. The number of hydrogen-bond acceptors (Lipinski definition) is 4. The van der Waals surface area contributed by atoms with E-state index < -0.39 is 5.97 Å². The van der Waals surface area contributed by atoms with E-state index in [1.54, 1.807) is 35.6 Å². The Balaban J connectivity index is 1.93. The lowest BCUT2D eigenvalue weighted by molar-refractivity contribution is 0.0600. The first-order chi connectivity index (χ1) is 11.9. The van der Waals surface area contributed by atoms with E-state index in [0.29, 0.717) is 28.3 Å². The number of aromatic nitrogens is 2. The molecule has 0 atom stereocenters. The van der Waals surface area contributed by atoms with E-state index in [0.717, 1.165) is 10.0 Å². The lowest BCUT2D eigenvalue weighted by Gasteiger charge is -2.08. The third kappa shape index (κ3) is 3.28. The number of fused-ring (bicyclic) bond motifs is 1. The first-order valence-corrected chi connectivity index (χ1v) is 8.34. The molecular formula is C18H16BrN3O3. The maximum atomic E-state index is 12.7. The highest BCUT2D eigenvalue weighted by atomic mass is 79.9. The Morgan fingerprint density at radius 2 is 1.88 bits per heavy atom. The molecule has 2 heterocycles. The second-order valence-electron chi connectivity index (χ2n) is 5.63. The predicted molar refractivity (Wildman–Crippen MR) is 98.1 cm³/mol. The standard InChI is InChI=1S/C18H16BrN3O3/c1-10-8-14(19)16-20-11(2)15(22(16)9-10)17(23)21-13-6-4-12(5-7-13)18(24)25-3/h4-9H,1-3H3,(H,21,23). The van der Waals surface area contributed by atoms with E-state index in [2.05, 4.69) is 31.0 Å². The molecule has 0 aliphatic rings. The summed E-state index contributed by atoms with van der Waals surface area (Å²) in [6.07, 6.45) is 1.87. The Bertz CT molecular complexity index is 977. The lowest BCUT2D eigenvalue weighted by atomic mass is 10.2. The fourth-order valence-corrected chi connectivity index (χ4v) is 3.26. The molecule has 0 saturated heterocycles. The van der Waals surface area contributed by atoms with Gasteiger partial charge >= 0.3 is 5.97 Å². The molecular weight excluding hydrogens is 386 g/mol. The molecule has 3 aromatic rings. The van der Waals surface area contributed by atoms with Crippen molar-refractivity contribution < 1.29 is 14.3 Å². The number of rotatable bonds is 3. The average Bonchev–Trinajstić information content (AvgIpc) is 2.91. The molecule has 1 aromatic carbocycles. The molecule has 1 N–H and O–H groups in total. The third-order valence-corrected chi connectivity index (χ3v) is 4.35. The molecule has 6 nitrogen and oxygen atoms in total. The molecule has 0 spiro atoms. The normalized spacial score (nSPS) is 10.7. The first-order valence-electron chi connectivity index (χ1n) is 7.55. The van der Waals surface area contributed by atoms with Crippen LogP contribution >= 0.6 is 15.9 Å². The highest BCUT2D eigenvalue weighted by molar-refractivity contribution is 9.10. The summed E-state index contributed by atoms with van der Waals surface area (Å²) < 4.78 is 7.26. The van der Waals surface area contributed by atoms with Gasteiger partial charge in [-0.2, -0.15) is 0 Å². The van der Waals surface area contributed by atoms with Gasteiger partial charge in [0.15, 0.2) is 5.65 Å². The van der Waals surface area contributed by atoms with Gasteiger partial charge < -0.3 is 10.1 Å². The zero-order valence-corrected chi connectivity index (χ0v) is 15.5. The van der Waals surface area contributed by atoms with Gasteiger partial charge in [-0.3, -0.25) is 9.20 Å². The van der Waals surface area contributed by atoms with Crippen LogP contribution < -0.4 is 5.32 Å². The maximum Gasteiger partial charge on any atom is 0.337 e. The van der Waals surface area contributed by atoms with Gasteiger partial charge in [0.25, 0.3) is 5.91 Å². The van der Waals surface area contributed by atoms with Crippen LogP contribution in [0.3, 0.4) is 0 Å². The Labute approximate surface area is 153 Å². The van der Waals surface area contributed by atoms with Crippen LogP contribution in [-0.4, -0.2) is 28.4 Å². The number of esters is 1. The maximum absolute atomic E-state index is 12.7. The number of carbonyl (C=O) groups is 2. The van der Waals surface area contributed by atoms with Crippen LogP contribution in [0.1, 0.15) is 32.1 Å². The zero-order valence-electron chi connectivity index (χ0n) is 14.0. The van der Waals surface area contributed by atoms with Crippen LogP contribution in [0.2, 0.25) is 0 Å². The summed E-state index contributed by atoms with van der Waals surface area (Å²) in [5, 5.41) is 2.83. The van der Waals surface area contributed by atoms with Gasteiger partial charge in [-0.05, 0) is 65.7 Å². The van der Waals surface area contributed by atoms with Crippen LogP contribution in [-0.2, 0) is 4.74 Å². The minimum absolute atomic E-state index is 0.270. The number of carbonyl (C=O) groups excluding carboxylic acids is 2. The second kappa shape index (κ2) is 6.68. The van der Waals surface area contributed by atoms with E-state index in [9.17, 15) is 9.59 Å². The van der Waals surface area contributed by atoms with Gasteiger partial charge in [0.2, 0.25) is 0 Å². The van der Waals surface area contributed by atoms with Crippen molar-refractivity contribution in [3.63, 3.8) is 0 Å². The topological polar surface area (TPSA) is 72.7 Å². The number of aryl methyl sites for hydroxylation is 2. The summed E-state index contributed by atoms with van der Waals surface area (Å²) in [6, 6.07) is 8.47. The Morgan fingerprint density at radius 1 is 1.20 bits per heavy atom. The minimum Gasteiger partial charge on any atom is -0.465 e.